The van der Waals surface area contributed by atoms with Gasteiger partial charge < -0.3 is 9.84 Å². The second-order valence-corrected chi connectivity index (χ2v) is 7.99. The predicted molar refractivity (Wildman–Crippen MR) is 122 cm³/mol. The minimum Gasteiger partial charge on any atom is -0.478 e. The number of anilines is 1. The van der Waals surface area contributed by atoms with Gasteiger partial charge in [-0.05, 0) is 56.9 Å². The van der Waals surface area contributed by atoms with Crippen LogP contribution in [0.1, 0.15) is 43.0 Å². The van der Waals surface area contributed by atoms with Crippen molar-refractivity contribution in [1.29, 1.82) is 0 Å². The van der Waals surface area contributed by atoms with E-state index in [1.807, 2.05) is 0 Å². The number of rotatable bonds is 6. The highest BCUT2D eigenvalue weighted by Gasteiger charge is 2.34. The molecule has 0 radical (unpaired) electrons. The molecule has 0 heterocycles. The zero-order chi connectivity index (χ0) is 25.0. The fourth-order valence-electron chi connectivity index (χ4n) is 3.58. The van der Waals surface area contributed by atoms with Crippen LogP contribution < -0.4 is 9.64 Å². The summed E-state index contributed by atoms with van der Waals surface area (Å²) in [5.41, 5.74) is -1.06. The number of imide groups is 1. The smallest absolute Gasteiger partial charge is 0.332 e. The zero-order valence-electron chi connectivity index (χ0n) is 18.1. The first-order valence-electron chi connectivity index (χ1n) is 10.4. The second-order valence-electron chi connectivity index (χ2n) is 7.59. The standard InChI is InChI=1S/C25H20ClF2NO5/c1-3-14(2)34-22-13-21(20(28)12-19(22)26)29(23(30)15-7-6-8-16(27)11-15)24(31)17-9-4-5-10-18(17)25(32)33/h1,6-8,11-14H,4-5,9-10H2,2H3,(H,32,33). The molecular formula is C25H20ClF2NO5. The molecule has 2 amide bonds. The Bertz CT molecular complexity index is 1230. The van der Waals surface area contributed by atoms with Crippen LogP contribution in [0.25, 0.3) is 0 Å². The number of benzene rings is 2. The van der Waals surface area contributed by atoms with Crippen molar-refractivity contribution in [2.24, 2.45) is 0 Å². The number of aliphatic carboxylic acids is 1. The fourth-order valence-corrected chi connectivity index (χ4v) is 3.77. The summed E-state index contributed by atoms with van der Waals surface area (Å²) >= 11 is 6.06. The van der Waals surface area contributed by atoms with Crippen LogP contribution in [0.15, 0.2) is 47.5 Å². The van der Waals surface area contributed by atoms with Crippen molar-refractivity contribution in [2.45, 2.75) is 38.7 Å². The maximum Gasteiger partial charge on any atom is 0.332 e. The number of carboxylic acids is 1. The molecule has 3 rings (SSSR count). The predicted octanol–water partition coefficient (Wildman–Crippen LogP) is 5.15. The summed E-state index contributed by atoms with van der Waals surface area (Å²) in [5, 5.41) is 9.41. The number of carboxylic acid groups (broad SMARTS) is 1. The highest BCUT2D eigenvalue weighted by Crippen LogP contribution is 2.36. The molecule has 34 heavy (non-hydrogen) atoms. The molecule has 0 aliphatic heterocycles. The summed E-state index contributed by atoms with van der Waals surface area (Å²) in [7, 11) is 0. The van der Waals surface area contributed by atoms with Crippen LogP contribution in [0.2, 0.25) is 5.02 Å². The van der Waals surface area contributed by atoms with E-state index in [1.165, 1.54) is 19.1 Å². The van der Waals surface area contributed by atoms with E-state index in [9.17, 15) is 23.9 Å². The number of carbonyl (C=O) groups excluding carboxylic acids is 2. The molecule has 6 nitrogen and oxygen atoms in total. The molecular weight excluding hydrogens is 468 g/mol. The molecule has 1 N–H and O–H groups in total. The van der Waals surface area contributed by atoms with Gasteiger partial charge in [-0.15, -0.1) is 6.42 Å². The second kappa shape index (κ2) is 10.5. The Hall–Kier alpha value is -3.70. The van der Waals surface area contributed by atoms with Crippen LogP contribution in [0.4, 0.5) is 14.5 Å². The van der Waals surface area contributed by atoms with E-state index in [0.717, 1.165) is 24.3 Å². The molecule has 1 unspecified atom stereocenters. The van der Waals surface area contributed by atoms with Gasteiger partial charge in [-0.3, -0.25) is 9.59 Å². The Morgan fingerprint density at radius 2 is 1.79 bits per heavy atom. The van der Waals surface area contributed by atoms with Gasteiger partial charge >= 0.3 is 5.97 Å². The molecule has 0 fully saturated rings. The number of hydrogen-bond acceptors (Lipinski definition) is 4. The maximum absolute atomic E-state index is 15.1. The summed E-state index contributed by atoms with van der Waals surface area (Å²) in [6.45, 7) is 1.53. The maximum atomic E-state index is 15.1. The van der Waals surface area contributed by atoms with E-state index in [-0.39, 0.29) is 40.3 Å². The summed E-state index contributed by atoms with van der Waals surface area (Å²) < 4.78 is 34.4. The molecule has 1 atom stereocenters. The number of halogens is 3. The third kappa shape index (κ3) is 5.26. The normalized spacial score (nSPS) is 14.2. The third-order valence-electron chi connectivity index (χ3n) is 5.24. The van der Waals surface area contributed by atoms with Crippen molar-refractivity contribution >= 4 is 35.1 Å². The highest BCUT2D eigenvalue weighted by molar-refractivity contribution is 6.32. The van der Waals surface area contributed by atoms with Crippen LogP contribution in [0, 0.1) is 24.0 Å². The monoisotopic (exact) mass is 487 g/mol. The fraction of sp³-hybridized carbons (Fsp3) is 0.240. The minimum absolute atomic E-state index is 0.0834. The van der Waals surface area contributed by atoms with Gasteiger partial charge in [-0.2, -0.15) is 0 Å². The molecule has 0 aromatic heterocycles. The van der Waals surface area contributed by atoms with Crippen molar-refractivity contribution in [2.75, 3.05) is 4.90 Å². The van der Waals surface area contributed by atoms with Gasteiger partial charge in [0.25, 0.3) is 11.8 Å². The van der Waals surface area contributed by atoms with Crippen molar-refractivity contribution < 1.29 is 33.0 Å². The van der Waals surface area contributed by atoms with E-state index < -0.39 is 41.2 Å². The first kappa shape index (κ1) is 24.9. The molecule has 0 bridgehead atoms. The number of nitrogens with zero attached hydrogens (tertiary/aromatic N) is 1. The average Bonchev–Trinajstić information content (AvgIpc) is 2.81. The number of terminal acetylenes is 1. The van der Waals surface area contributed by atoms with Crippen molar-refractivity contribution in [3.8, 4) is 18.1 Å². The van der Waals surface area contributed by atoms with Crippen LogP contribution >= 0.6 is 11.6 Å². The number of ether oxygens (including phenoxy) is 1. The van der Waals surface area contributed by atoms with Gasteiger partial charge in [-0.25, -0.2) is 18.5 Å². The lowest BCUT2D eigenvalue weighted by molar-refractivity contribution is -0.133. The SMILES string of the molecule is C#CC(C)Oc1cc(N(C(=O)C2=C(C(=O)O)CCCC2)C(=O)c2cccc(F)c2)c(F)cc1Cl. The van der Waals surface area contributed by atoms with E-state index in [4.69, 9.17) is 22.8 Å². The topological polar surface area (TPSA) is 83.9 Å². The largest absolute Gasteiger partial charge is 0.478 e. The molecule has 2 aromatic rings. The van der Waals surface area contributed by atoms with Crippen molar-refractivity contribution in [3.05, 3.63) is 69.8 Å². The number of carbonyl (C=O) groups is 3. The van der Waals surface area contributed by atoms with Crippen LogP contribution in [0.5, 0.6) is 5.75 Å². The van der Waals surface area contributed by atoms with Crippen molar-refractivity contribution in [1.82, 2.24) is 0 Å². The first-order valence-corrected chi connectivity index (χ1v) is 10.7. The van der Waals surface area contributed by atoms with E-state index in [2.05, 4.69) is 5.92 Å². The van der Waals surface area contributed by atoms with E-state index >= 15 is 4.39 Å². The Balaban J connectivity index is 2.21. The molecule has 0 spiro atoms. The lowest BCUT2D eigenvalue weighted by Gasteiger charge is -2.26. The van der Waals surface area contributed by atoms with Crippen LogP contribution in [-0.2, 0) is 9.59 Å². The minimum atomic E-state index is -1.30. The van der Waals surface area contributed by atoms with Gasteiger partial charge in [0.2, 0.25) is 0 Å². The average molecular weight is 488 g/mol. The summed E-state index contributed by atoms with van der Waals surface area (Å²) in [6, 6.07) is 6.39. The molecule has 176 valence electrons. The Morgan fingerprint density at radius 1 is 1.12 bits per heavy atom. The third-order valence-corrected chi connectivity index (χ3v) is 5.54. The van der Waals surface area contributed by atoms with Gasteiger partial charge in [-0.1, -0.05) is 23.6 Å². The highest BCUT2D eigenvalue weighted by atomic mass is 35.5. The van der Waals surface area contributed by atoms with Gasteiger partial charge in [0, 0.05) is 22.8 Å². The molecule has 2 aromatic carbocycles. The van der Waals surface area contributed by atoms with Crippen molar-refractivity contribution in [3.63, 3.8) is 0 Å². The van der Waals surface area contributed by atoms with Crippen LogP contribution in [0.3, 0.4) is 0 Å². The van der Waals surface area contributed by atoms with E-state index in [1.54, 1.807) is 0 Å². The number of hydrogen-bond donors (Lipinski definition) is 1. The first-order chi connectivity index (χ1) is 16.1. The zero-order valence-corrected chi connectivity index (χ0v) is 18.9. The molecule has 0 saturated heterocycles. The summed E-state index contributed by atoms with van der Waals surface area (Å²) in [6.07, 6.45) is 5.82. The Kier molecular flexibility index (Phi) is 7.69. The molecule has 9 heteroatoms. The number of amides is 2. The van der Waals surface area contributed by atoms with Gasteiger partial charge in [0.1, 0.15) is 17.4 Å². The quantitative estimate of drug-likeness (QED) is 0.450. The Morgan fingerprint density at radius 3 is 2.41 bits per heavy atom. The molecule has 1 aliphatic carbocycles. The van der Waals surface area contributed by atoms with E-state index in [0.29, 0.717) is 17.7 Å². The van der Waals surface area contributed by atoms with Gasteiger partial charge in [0.05, 0.1) is 10.7 Å². The molecule has 1 aliphatic rings. The summed E-state index contributed by atoms with van der Waals surface area (Å²) in [4.78, 5) is 39.2. The lowest BCUT2D eigenvalue weighted by atomic mass is 9.90. The lowest BCUT2D eigenvalue weighted by Crippen LogP contribution is -2.40. The molecule has 0 saturated carbocycles. The Labute approximate surface area is 199 Å². The summed E-state index contributed by atoms with van der Waals surface area (Å²) in [5.74, 6) is -2.95. The van der Waals surface area contributed by atoms with Gasteiger partial charge in [0.15, 0.2) is 6.10 Å². The van der Waals surface area contributed by atoms with Crippen LogP contribution in [-0.4, -0.2) is 29.0 Å².